The second-order valence-corrected chi connectivity index (χ2v) is 4.89. The van der Waals surface area contributed by atoms with Crippen LogP contribution in [0.2, 0.25) is 0 Å². The lowest BCUT2D eigenvalue weighted by Gasteiger charge is -2.13. The van der Waals surface area contributed by atoms with Gasteiger partial charge in [-0.1, -0.05) is 0 Å². The van der Waals surface area contributed by atoms with Crippen LogP contribution < -0.4 is 14.2 Å². The average Bonchev–Trinajstić information content (AvgIpc) is 2.34. The largest absolute Gasteiger partial charge is 0.493 e. The van der Waals surface area contributed by atoms with Crippen molar-refractivity contribution >= 4 is 10.1 Å². The fraction of sp³-hybridized carbons (Fsp3) is 0.455. The zero-order chi connectivity index (χ0) is 15.1. The second-order valence-electron chi connectivity index (χ2n) is 3.42. The number of aliphatic hydroxyl groups is 1. The molecule has 0 heterocycles. The van der Waals surface area contributed by atoms with Crippen LogP contribution in [0.4, 0.5) is 0 Å². The van der Waals surface area contributed by atoms with Crippen LogP contribution in [0.15, 0.2) is 12.1 Å². The van der Waals surface area contributed by atoms with Crippen molar-refractivity contribution in [2.45, 2.75) is 6.61 Å². The van der Waals surface area contributed by atoms with E-state index >= 15 is 0 Å². The van der Waals surface area contributed by atoms with E-state index in [1.165, 1.54) is 0 Å². The Kier molecular flexibility index (Phi) is 7.20. The molecule has 0 fully saturated rings. The van der Waals surface area contributed by atoms with Gasteiger partial charge in [-0.25, -0.2) is 0 Å². The summed E-state index contributed by atoms with van der Waals surface area (Å²) >= 11 is 0. The summed E-state index contributed by atoms with van der Waals surface area (Å²) in [5, 5.41) is 8.99. The summed E-state index contributed by atoms with van der Waals surface area (Å²) in [6.07, 6.45) is 0.715. The monoisotopic (exact) mass is 294 g/mol. The number of ether oxygens (including phenoxy) is 3. The normalized spacial score (nSPS) is 10.2. The molecule has 0 saturated heterocycles. The zero-order valence-corrected chi connectivity index (χ0v) is 12.0. The van der Waals surface area contributed by atoms with Gasteiger partial charge in [0.2, 0.25) is 5.75 Å². The minimum atomic E-state index is -3.67. The maximum Gasteiger partial charge on any atom is 0.261 e. The quantitative estimate of drug-likeness (QED) is 0.788. The molecule has 0 aromatic heterocycles. The van der Waals surface area contributed by atoms with Crippen molar-refractivity contribution < 1.29 is 32.3 Å². The van der Waals surface area contributed by atoms with Crippen LogP contribution >= 0.6 is 0 Å². The molecule has 2 N–H and O–H groups in total. The third kappa shape index (κ3) is 6.85. The summed E-state index contributed by atoms with van der Waals surface area (Å²) in [5.74, 6) is 1.64. The van der Waals surface area contributed by atoms with Gasteiger partial charge in [0.15, 0.2) is 11.5 Å². The Labute approximate surface area is 112 Å². The second kappa shape index (κ2) is 7.82. The molecule has 7 nitrogen and oxygen atoms in total. The van der Waals surface area contributed by atoms with E-state index in [1.807, 2.05) is 0 Å². The van der Waals surface area contributed by atoms with Gasteiger partial charge in [-0.15, -0.1) is 0 Å². The first-order valence-corrected chi connectivity index (χ1v) is 6.93. The highest BCUT2D eigenvalue weighted by Gasteiger charge is 2.12. The van der Waals surface area contributed by atoms with E-state index in [4.69, 9.17) is 23.9 Å². The number of aliphatic hydroxyl groups excluding tert-OH is 1. The molecular formula is C11H18O7S. The number of methoxy groups -OCH3 is 3. The molecule has 110 valence electrons. The molecule has 1 aromatic carbocycles. The minimum Gasteiger partial charge on any atom is -0.493 e. The summed E-state index contributed by atoms with van der Waals surface area (Å²) in [6, 6.07) is 3.42. The Balaban J connectivity index is 0.000000555. The van der Waals surface area contributed by atoms with E-state index in [1.54, 1.807) is 33.5 Å². The van der Waals surface area contributed by atoms with Gasteiger partial charge in [0.25, 0.3) is 10.1 Å². The highest BCUT2D eigenvalue weighted by Crippen LogP contribution is 2.38. The first-order chi connectivity index (χ1) is 8.76. The number of hydrogen-bond donors (Lipinski definition) is 2. The van der Waals surface area contributed by atoms with Crippen molar-refractivity contribution in [3.05, 3.63) is 17.7 Å². The Hall–Kier alpha value is -1.51. The van der Waals surface area contributed by atoms with Crippen molar-refractivity contribution in [1.29, 1.82) is 0 Å². The van der Waals surface area contributed by atoms with Gasteiger partial charge in [0.1, 0.15) is 0 Å². The van der Waals surface area contributed by atoms with E-state index in [-0.39, 0.29) is 6.61 Å². The summed E-state index contributed by atoms with van der Waals surface area (Å²) in [6.45, 7) is -0.0588. The molecule has 1 aromatic rings. The number of hydrogen-bond acceptors (Lipinski definition) is 6. The predicted octanol–water partition coefficient (Wildman–Crippen LogP) is 0.709. The smallest absolute Gasteiger partial charge is 0.261 e. The van der Waals surface area contributed by atoms with E-state index < -0.39 is 10.1 Å². The molecule has 1 rings (SSSR count). The molecule has 19 heavy (non-hydrogen) atoms. The maximum atomic E-state index is 9.19. The van der Waals surface area contributed by atoms with E-state index in [0.717, 1.165) is 5.56 Å². The molecule has 0 spiro atoms. The van der Waals surface area contributed by atoms with Crippen molar-refractivity contribution in [2.24, 2.45) is 0 Å². The van der Waals surface area contributed by atoms with Gasteiger partial charge in [-0.2, -0.15) is 8.42 Å². The van der Waals surface area contributed by atoms with Crippen LogP contribution in [0.3, 0.4) is 0 Å². The van der Waals surface area contributed by atoms with E-state index in [9.17, 15) is 8.42 Å². The molecule has 0 aliphatic carbocycles. The Morgan fingerprint density at radius 1 is 1.05 bits per heavy atom. The lowest BCUT2D eigenvalue weighted by Crippen LogP contribution is -1.96. The van der Waals surface area contributed by atoms with Crippen molar-refractivity contribution in [3.63, 3.8) is 0 Å². The SMILES string of the molecule is COc1cc(CO)cc(OC)c1OC.CS(=O)(=O)O. The fourth-order valence-corrected chi connectivity index (χ4v) is 1.23. The highest BCUT2D eigenvalue weighted by atomic mass is 32.2. The van der Waals surface area contributed by atoms with Gasteiger partial charge in [0, 0.05) is 0 Å². The standard InChI is InChI=1S/C10H14O4.CH4O3S/c1-12-8-4-7(6-11)5-9(13-2)10(8)14-3;1-5(2,3)4/h4-5,11H,6H2,1-3H3;1H3,(H,2,3,4). The third-order valence-corrected chi connectivity index (χ3v) is 1.91. The van der Waals surface area contributed by atoms with Crippen LogP contribution in [0.5, 0.6) is 17.2 Å². The number of rotatable bonds is 4. The third-order valence-electron chi connectivity index (χ3n) is 1.91. The summed E-state index contributed by atoms with van der Waals surface area (Å²) < 4.78 is 41.2. The summed E-state index contributed by atoms with van der Waals surface area (Å²) in [7, 11) is 0.954. The Bertz CT molecular complexity index is 463. The molecule has 0 bridgehead atoms. The van der Waals surface area contributed by atoms with Gasteiger partial charge in [-0.05, 0) is 17.7 Å². The Morgan fingerprint density at radius 2 is 1.42 bits per heavy atom. The van der Waals surface area contributed by atoms with Gasteiger partial charge < -0.3 is 19.3 Å². The van der Waals surface area contributed by atoms with Crippen molar-refractivity contribution in [3.8, 4) is 17.2 Å². The molecule has 0 amide bonds. The first kappa shape index (κ1) is 17.5. The zero-order valence-electron chi connectivity index (χ0n) is 11.2. The molecule has 0 aliphatic rings. The lowest BCUT2D eigenvalue weighted by atomic mass is 10.2. The summed E-state index contributed by atoms with van der Waals surface area (Å²) in [4.78, 5) is 0. The topological polar surface area (TPSA) is 102 Å². The van der Waals surface area contributed by atoms with Crippen LogP contribution in [-0.2, 0) is 16.7 Å². The van der Waals surface area contributed by atoms with Crippen LogP contribution in [0.25, 0.3) is 0 Å². The highest BCUT2D eigenvalue weighted by molar-refractivity contribution is 7.85. The van der Waals surface area contributed by atoms with Crippen LogP contribution in [0.1, 0.15) is 5.56 Å². The lowest BCUT2D eigenvalue weighted by molar-refractivity contribution is 0.277. The maximum absolute atomic E-state index is 9.19. The van der Waals surface area contributed by atoms with Gasteiger partial charge >= 0.3 is 0 Å². The van der Waals surface area contributed by atoms with E-state index in [0.29, 0.717) is 23.5 Å². The van der Waals surface area contributed by atoms with E-state index in [2.05, 4.69) is 0 Å². The Morgan fingerprint density at radius 3 is 1.63 bits per heavy atom. The first-order valence-electron chi connectivity index (χ1n) is 5.09. The molecular weight excluding hydrogens is 276 g/mol. The summed E-state index contributed by atoms with van der Waals surface area (Å²) in [5.41, 5.74) is 0.722. The van der Waals surface area contributed by atoms with Gasteiger partial charge in [0.05, 0.1) is 34.2 Å². The van der Waals surface area contributed by atoms with Crippen molar-refractivity contribution in [2.75, 3.05) is 27.6 Å². The van der Waals surface area contributed by atoms with Crippen molar-refractivity contribution in [1.82, 2.24) is 0 Å². The molecule has 0 atom stereocenters. The predicted molar refractivity (Wildman–Crippen MR) is 69.5 cm³/mol. The average molecular weight is 294 g/mol. The number of benzene rings is 1. The minimum absolute atomic E-state index is 0.0588. The molecule has 0 aliphatic heterocycles. The van der Waals surface area contributed by atoms with Crippen LogP contribution in [-0.4, -0.2) is 45.7 Å². The van der Waals surface area contributed by atoms with Gasteiger partial charge in [-0.3, -0.25) is 4.55 Å². The molecule has 0 radical (unpaired) electrons. The van der Waals surface area contributed by atoms with Crippen LogP contribution in [0, 0.1) is 0 Å². The molecule has 0 unspecified atom stereocenters. The molecule has 8 heteroatoms. The fourth-order valence-electron chi connectivity index (χ4n) is 1.23. The molecule has 0 saturated carbocycles.